The van der Waals surface area contributed by atoms with Gasteiger partial charge in [-0.2, -0.15) is 0 Å². The fourth-order valence-corrected chi connectivity index (χ4v) is 2.48. The SMILES string of the molecule is NC1CCCCCC1C(=O)Nc1cccc(O)c1. The molecule has 4 heteroatoms. The zero-order valence-electron chi connectivity index (χ0n) is 10.4. The summed E-state index contributed by atoms with van der Waals surface area (Å²) in [6.07, 6.45) is 5.09. The van der Waals surface area contributed by atoms with E-state index in [2.05, 4.69) is 5.32 Å². The third-order valence-corrected chi connectivity index (χ3v) is 3.52. The maximum absolute atomic E-state index is 12.2. The van der Waals surface area contributed by atoms with Gasteiger partial charge in [0.05, 0.1) is 5.92 Å². The van der Waals surface area contributed by atoms with Gasteiger partial charge < -0.3 is 16.2 Å². The number of amides is 1. The van der Waals surface area contributed by atoms with Crippen molar-refractivity contribution in [3.8, 4) is 5.75 Å². The highest BCUT2D eigenvalue weighted by Crippen LogP contribution is 2.24. The number of nitrogens with two attached hydrogens (primary N) is 1. The number of hydrogen-bond acceptors (Lipinski definition) is 3. The summed E-state index contributed by atoms with van der Waals surface area (Å²) in [5, 5.41) is 12.2. The second-order valence-electron chi connectivity index (χ2n) is 4.95. The fraction of sp³-hybridized carbons (Fsp3) is 0.500. The fourth-order valence-electron chi connectivity index (χ4n) is 2.48. The minimum atomic E-state index is -0.116. The first-order valence-corrected chi connectivity index (χ1v) is 6.52. The van der Waals surface area contributed by atoms with Gasteiger partial charge in [-0.15, -0.1) is 0 Å². The van der Waals surface area contributed by atoms with E-state index in [-0.39, 0.29) is 23.6 Å². The molecule has 1 saturated carbocycles. The Morgan fingerprint density at radius 1 is 1.28 bits per heavy atom. The predicted octanol–water partition coefficient (Wildman–Crippen LogP) is 2.24. The Morgan fingerprint density at radius 3 is 2.83 bits per heavy atom. The summed E-state index contributed by atoms with van der Waals surface area (Å²) in [5.74, 6) is 0.00261. The molecule has 4 N–H and O–H groups in total. The van der Waals surface area contributed by atoms with Crippen LogP contribution in [0.5, 0.6) is 5.75 Å². The van der Waals surface area contributed by atoms with Crippen LogP contribution >= 0.6 is 0 Å². The summed E-state index contributed by atoms with van der Waals surface area (Å²) in [7, 11) is 0. The minimum absolute atomic E-state index is 0.0324. The lowest BCUT2D eigenvalue weighted by Crippen LogP contribution is -2.37. The minimum Gasteiger partial charge on any atom is -0.508 e. The van der Waals surface area contributed by atoms with Crippen LogP contribution < -0.4 is 11.1 Å². The van der Waals surface area contributed by atoms with Crippen molar-refractivity contribution in [1.29, 1.82) is 0 Å². The number of anilines is 1. The number of carbonyl (C=O) groups is 1. The molecule has 1 aromatic rings. The van der Waals surface area contributed by atoms with Crippen molar-refractivity contribution in [3.05, 3.63) is 24.3 Å². The van der Waals surface area contributed by atoms with Gasteiger partial charge in [0.25, 0.3) is 0 Å². The molecule has 2 atom stereocenters. The van der Waals surface area contributed by atoms with Crippen molar-refractivity contribution in [2.24, 2.45) is 11.7 Å². The number of hydrogen-bond donors (Lipinski definition) is 3. The molecule has 1 amide bonds. The number of phenolic OH excluding ortho intramolecular Hbond substituents is 1. The lowest BCUT2D eigenvalue weighted by atomic mass is 9.94. The molecule has 0 aliphatic heterocycles. The Bertz CT molecular complexity index is 420. The zero-order chi connectivity index (χ0) is 13.0. The Hall–Kier alpha value is -1.55. The molecule has 0 aromatic heterocycles. The molecule has 98 valence electrons. The van der Waals surface area contributed by atoms with Gasteiger partial charge in [0, 0.05) is 17.8 Å². The van der Waals surface area contributed by atoms with Crippen LogP contribution in [0.2, 0.25) is 0 Å². The van der Waals surface area contributed by atoms with Crippen LogP contribution in [0.1, 0.15) is 32.1 Å². The molecule has 1 aliphatic carbocycles. The summed E-state index contributed by atoms with van der Waals surface area (Å²) in [6, 6.07) is 6.54. The van der Waals surface area contributed by atoms with E-state index in [1.54, 1.807) is 24.3 Å². The highest BCUT2D eigenvalue weighted by Gasteiger charge is 2.26. The van der Waals surface area contributed by atoms with Gasteiger partial charge in [0.2, 0.25) is 5.91 Å². The van der Waals surface area contributed by atoms with Crippen LogP contribution in [0, 0.1) is 5.92 Å². The van der Waals surface area contributed by atoms with Gasteiger partial charge in [-0.05, 0) is 25.0 Å². The molecule has 1 aromatic carbocycles. The predicted molar refractivity (Wildman–Crippen MR) is 71.3 cm³/mol. The molecule has 0 spiro atoms. The number of rotatable bonds is 2. The standard InChI is InChI=1S/C14H20N2O2/c15-13-8-3-1-2-7-12(13)14(18)16-10-5-4-6-11(17)9-10/h4-6,9,12-13,17H,1-3,7-8,15H2,(H,16,18). The van der Waals surface area contributed by atoms with Crippen molar-refractivity contribution in [2.75, 3.05) is 5.32 Å². The van der Waals surface area contributed by atoms with Gasteiger partial charge in [0.1, 0.15) is 5.75 Å². The maximum atomic E-state index is 12.2. The Labute approximate surface area is 107 Å². The highest BCUT2D eigenvalue weighted by molar-refractivity contribution is 5.93. The topological polar surface area (TPSA) is 75.4 Å². The first kappa shape index (κ1) is 12.9. The second kappa shape index (κ2) is 5.87. The highest BCUT2D eigenvalue weighted by atomic mass is 16.3. The van der Waals surface area contributed by atoms with Crippen LogP contribution in [-0.4, -0.2) is 17.1 Å². The summed E-state index contributed by atoms with van der Waals surface area (Å²) in [5.41, 5.74) is 6.67. The summed E-state index contributed by atoms with van der Waals surface area (Å²) in [4.78, 5) is 12.2. The molecule has 0 bridgehead atoms. The van der Waals surface area contributed by atoms with E-state index in [4.69, 9.17) is 5.73 Å². The normalized spacial score (nSPS) is 24.3. The number of benzene rings is 1. The molecule has 4 nitrogen and oxygen atoms in total. The quantitative estimate of drug-likeness (QED) is 0.702. The van der Waals surface area contributed by atoms with Crippen LogP contribution in [0.3, 0.4) is 0 Å². The number of nitrogens with one attached hydrogen (secondary N) is 1. The van der Waals surface area contributed by atoms with Crippen molar-refractivity contribution in [2.45, 2.75) is 38.1 Å². The molecular weight excluding hydrogens is 228 g/mol. The van der Waals surface area contributed by atoms with Crippen molar-refractivity contribution >= 4 is 11.6 Å². The molecule has 2 rings (SSSR count). The van der Waals surface area contributed by atoms with E-state index < -0.39 is 0 Å². The summed E-state index contributed by atoms with van der Waals surface area (Å²) in [6.45, 7) is 0. The third kappa shape index (κ3) is 3.23. The number of carbonyl (C=O) groups excluding carboxylic acids is 1. The molecule has 1 aliphatic rings. The van der Waals surface area contributed by atoms with Gasteiger partial charge in [-0.3, -0.25) is 4.79 Å². The van der Waals surface area contributed by atoms with E-state index in [9.17, 15) is 9.90 Å². The third-order valence-electron chi connectivity index (χ3n) is 3.52. The molecule has 1 fully saturated rings. The van der Waals surface area contributed by atoms with E-state index >= 15 is 0 Å². The zero-order valence-corrected chi connectivity index (χ0v) is 10.4. The van der Waals surface area contributed by atoms with Crippen LogP contribution in [0.4, 0.5) is 5.69 Å². The number of phenols is 1. The monoisotopic (exact) mass is 248 g/mol. The molecule has 18 heavy (non-hydrogen) atoms. The van der Waals surface area contributed by atoms with Gasteiger partial charge in [0.15, 0.2) is 0 Å². The molecule has 2 unspecified atom stereocenters. The van der Waals surface area contributed by atoms with Crippen LogP contribution in [-0.2, 0) is 4.79 Å². The summed E-state index contributed by atoms with van der Waals surface area (Å²) < 4.78 is 0. The van der Waals surface area contributed by atoms with Crippen molar-refractivity contribution in [3.63, 3.8) is 0 Å². The van der Waals surface area contributed by atoms with Gasteiger partial charge in [-0.1, -0.05) is 25.3 Å². The van der Waals surface area contributed by atoms with Crippen molar-refractivity contribution < 1.29 is 9.90 Å². The van der Waals surface area contributed by atoms with Crippen molar-refractivity contribution in [1.82, 2.24) is 0 Å². The number of aromatic hydroxyl groups is 1. The molecule has 0 radical (unpaired) electrons. The van der Waals surface area contributed by atoms with E-state index in [0.29, 0.717) is 5.69 Å². The lowest BCUT2D eigenvalue weighted by Gasteiger charge is -2.20. The first-order valence-electron chi connectivity index (χ1n) is 6.52. The maximum Gasteiger partial charge on any atom is 0.229 e. The molecular formula is C14H20N2O2. The second-order valence-corrected chi connectivity index (χ2v) is 4.95. The molecule has 0 saturated heterocycles. The largest absolute Gasteiger partial charge is 0.508 e. The Kier molecular flexibility index (Phi) is 4.20. The van der Waals surface area contributed by atoms with E-state index in [1.807, 2.05) is 0 Å². The van der Waals surface area contributed by atoms with E-state index in [1.165, 1.54) is 0 Å². The van der Waals surface area contributed by atoms with Gasteiger partial charge >= 0.3 is 0 Å². The van der Waals surface area contributed by atoms with Crippen LogP contribution in [0.15, 0.2) is 24.3 Å². The molecule has 0 heterocycles. The van der Waals surface area contributed by atoms with Gasteiger partial charge in [-0.25, -0.2) is 0 Å². The smallest absolute Gasteiger partial charge is 0.229 e. The lowest BCUT2D eigenvalue weighted by molar-refractivity contribution is -0.120. The summed E-state index contributed by atoms with van der Waals surface area (Å²) >= 11 is 0. The first-order chi connectivity index (χ1) is 8.66. The van der Waals surface area contributed by atoms with E-state index in [0.717, 1.165) is 32.1 Å². The average molecular weight is 248 g/mol. The van der Waals surface area contributed by atoms with Crippen LogP contribution in [0.25, 0.3) is 0 Å². The average Bonchev–Trinajstić information content (AvgIpc) is 2.54. The Morgan fingerprint density at radius 2 is 2.06 bits per heavy atom. The Balaban J connectivity index is 2.02.